The molecule has 4 aromatic rings. The third kappa shape index (κ3) is 5.75. The van der Waals surface area contributed by atoms with Crippen molar-refractivity contribution in [2.45, 2.75) is 18.2 Å². The van der Waals surface area contributed by atoms with Gasteiger partial charge in [0, 0.05) is 39.7 Å². The highest BCUT2D eigenvalue weighted by molar-refractivity contribution is 7.92. The zero-order valence-corrected chi connectivity index (χ0v) is 19.8. The standard InChI is InChI=1S/C23H19ClN4O3S2/c1-15-4-9-20(33(30,31)28-18-7-5-17(24)6-8-18)12-21(15)27-22(29)11-19-14-32-23(26-19)16-3-2-10-25-13-16/h2-10,12-14,28H,11H2,1H3,(H,27,29). The molecule has 0 saturated carbocycles. The number of rotatable bonds is 7. The number of sulfonamides is 1. The van der Waals surface area contributed by atoms with Gasteiger partial charge in [-0.05, 0) is 61.0 Å². The number of carbonyl (C=O) groups excluding carboxylic acids is 1. The minimum atomic E-state index is -3.85. The quantitative estimate of drug-likeness (QED) is 0.367. The molecule has 0 aliphatic rings. The number of anilines is 2. The van der Waals surface area contributed by atoms with E-state index in [1.807, 2.05) is 17.5 Å². The Hall–Kier alpha value is -3.27. The van der Waals surface area contributed by atoms with Gasteiger partial charge in [0.15, 0.2) is 0 Å². The van der Waals surface area contributed by atoms with Crippen LogP contribution < -0.4 is 10.0 Å². The molecule has 10 heteroatoms. The van der Waals surface area contributed by atoms with Crippen molar-refractivity contribution in [1.29, 1.82) is 0 Å². The summed E-state index contributed by atoms with van der Waals surface area (Å²) in [5.41, 5.74) is 3.06. The molecule has 0 aliphatic heterocycles. The molecule has 0 aliphatic carbocycles. The maximum atomic E-state index is 12.8. The summed E-state index contributed by atoms with van der Waals surface area (Å²) in [6.45, 7) is 1.79. The lowest BCUT2D eigenvalue weighted by Crippen LogP contribution is -2.17. The molecule has 2 aromatic carbocycles. The molecule has 2 N–H and O–H groups in total. The van der Waals surface area contributed by atoms with Crippen LogP contribution in [0.5, 0.6) is 0 Å². The molecule has 7 nitrogen and oxygen atoms in total. The fourth-order valence-electron chi connectivity index (χ4n) is 3.00. The van der Waals surface area contributed by atoms with E-state index in [1.165, 1.54) is 23.5 Å². The van der Waals surface area contributed by atoms with E-state index in [1.54, 1.807) is 49.6 Å². The monoisotopic (exact) mass is 498 g/mol. The number of nitrogens with one attached hydrogen (secondary N) is 2. The number of hydrogen-bond donors (Lipinski definition) is 2. The van der Waals surface area contributed by atoms with Crippen molar-refractivity contribution in [3.05, 3.63) is 88.7 Å². The lowest BCUT2D eigenvalue weighted by atomic mass is 10.2. The van der Waals surface area contributed by atoms with Gasteiger partial charge in [-0.1, -0.05) is 17.7 Å². The van der Waals surface area contributed by atoms with Crippen LogP contribution in [-0.2, 0) is 21.2 Å². The summed E-state index contributed by atoms with van der Waals surface area (Å²) < 4.78 is 28.1. The second-order valence-electron chi connectivity index (χ2n) is 7.20. The first-order valence-corrected chi connectivity index (χ1v) is 12.6. The Balaban J connectivity index is 1.47. The molecule has 1 amide bonds. The topological polar surface area (TPSA) is 101 Å². The zero-order chi connectivity index (χ0) is 23.4. The lowest BCUT2D eigenvalue weighted by Gasteiger charge is -2.12. The summed E-state index contributed by atoms with van der Waals surface area (Å²) in [7, 11) is -3.85. The molecule has 0 unspecified atom stereocenters. The van der Waals surface area contributed by atoms with Crippen LogP contribution in [0.2, 0.25) is 5.02 Å². The number of halogens is 1. The number of amides is 1. The van der Waals surface area contributed by atoms with Gasteiger partial charge in [0.2, 0.25) is 5.91 Å². The molecular weight excluding hydrogens is 480 g/mol. The molecule has 33 heavy (non-hydrogen) atoms. The van der Waals surface area contributed by atoms with Crippen LogP contribution in [0, 0.1) is 6.92 Å². The molecule has 0 bridgehead atoms. The first-order valence-electron chi connectivity index (χ1n) is 9.84. The van der Waals surface area contributed by atoms with Crippen molar-refractivity contribution in [3.8, 4) is 10.6 Å². The Morgan fingerprint density at radius 2 is 1.91 bits per heavy atom. The van der Waals surface area contributed by atoms with E-state index < -0.39 is 10.0 Å². The summed E-state index contributed by atoms with van der Waals surface area (Å²) in [5.74, 6) is -0.290. The predicted molar refractivity (Wildman–Crippen MR) is 131 cm³/mol. The van der Waals surface area contributed by atoms with E-state index in [-0.39, 0.29) is 17.2 Å². The highest BCUT2D eigenvalue weighted by Gasteiger charge is 2.17. The summed E-state index contributed by atoms with van der Waals surface area (Å²) in [4.78, 5) is 21.2. The smallest absolute Gasteiger partial charge is 0.261 e. The third-order valence-electron chi connectivity index (χ3n) is 4.69. The van der Waals surface area contributed by atoms with E-state index in [9.17, 15) is 13.2 Å². The molecule has 168 valence electrons. The second-order valence-corrected chi connectivity index (χ2v) is 10.2. The van der Waals surface area contributed by atoms with Crippen molar-refractivity contribution in [2.24, 2.45) is 0 Å². The summed E-state index contributed by atoms with van der Waals surface area (Å²) >= 11 is 7.29. The van der Waals surface area contributed by atoms with Crippen LogP contribution in [0.3, 0.4) is 0 Å². The van der Waals surface area contributed by atoms with E-state index >= 15 is 0 Å². The van der Waals surface area contributed by atoms with Crippen LogP contribution in [0.4, 0.5) is 11.4 Å². The minimum Gasteiger partial charge on any atom is -0.325 e. The number of aromatic nitrogens is 2. The Bertz CT molecular complexity index is 1390. The highest BCUT2D eigenvalue weighted by Crippen LogP contribution is 2.25. The first kappa shape index (κ1) is 22.9. The van der Waals surface area contributed by atoms with Crippen LogP contribution in [0.25, 0.3) is 10.6 Å². The van der Waals surface area contributed by atoms with E-state index in [0.717, 1.165) is 16.1 Å². The number of pyridine rings is 1. The maximum absolute atomic E-state index is 12.8. The predicted octanol–water partition coefficient (Wildman–Crippen LogP) is 5.15. The highest BCUT2D eigenvalue weighted by atomic mass is 35.5. The van der Waals surface area contributed by atoms with E-state index in [4.69, 9.17) is 11.6 Å². The average Bonchev–Trinajstić information content (AvgIpc) is 3.25. The second kappa shape index (κ2) is 9.70. The molecule has 0 radical (unpaired) electrons. The Morgan fingerprint density at radius 1 is 1.12 bits per heavy atom. The number of aryl methyl sites for hydroxylation is 1. The lowest BCUT2D eigenvalue weighted by molar-refractivity contribution is -0.115. The van der Waals surface area contributed by atoms with Crippen molar-refractivity contribution in [1.82, 2.24) is 9.97 Å². The van der Waals surface area contributed by atoms with Gasteiger partial charge in [0.05, 0.1) is 17.0 Å². The first-order chi connectivity index (χ1) is 15.8. The molecule has 0 fully saturated rings. The van der Waals surface area contributed by atoms with Gasteiger partial charge in [-0.25, -0.2) is 13.4 Å². The Morgan fingerprint density at radius 3 is 2.64 bits per heavy atom. The van der Waals surface area contributed by atoms with Gasteiger partial charge in [0.1, 0.15) is 5.01 Å². The van der Waals surface area contributed by atoms with Crippen LogP contribution in [0.15, 0.2) is 77.3 Å². The van der Waals surface area contributed by atoms with Gasteiger partial charge in [0.25, 0.3) is 10.0 Å². The van der Waals surface area contributed by atoms with Crippen LogP contribution in [0.1, 0.15) is 11.3 Å². The largest absolute Gasteiger partial charge is 0.325 e. The third-order valence-corrected chi connectivity index (χ3v) is 7.26. The summed E-state index contributed by atoms with van der Waals surface area (Å²) in [6, 6.07) is 14.6. The van der Waals surface area contributed by atoms with Gasteiger partial charge in [-0.15, -0.1) is 11.3 Å². The van der Waals surface area contributed by atoms with E-state index in [0.29, 0.717) is 22.1 Å². The van der Waals surface area contributed by atoms with Crippen molar-refractivity contribution < 1.29 is 13.2 Å². The molecular formula is C23H19ClN4O3S2. The van der Waals surface area contributed by atoms with Gasteiger partial charge in [-0.3, -0.25) is 14.5 Å². The number of benzene rings is 2. The molecule has 0 saturated heterocycles. The number of hydrogen-bond acceptors (Lipinski definition) is 6. The zero-order valence-electron chi connectivity index (χ0n) is 17.4. The molecule has 0 atom stereocenters. The molecule has 2 aromatic heterocycles. The van der Waals surface area contributed by atoms with Gasteiger partial charge < -0.3 is 5.32 Å². The van der Waals surface area contributed by atoms with Crippen molar-refractivity contribution in [3.63, 3.8) is 0 Å². The molecule has 0 spiro atoms. The number of carbonyl (C=O) groups is 1. The minimum absolute atomic E-state index is 0.0332. The number of thiazole rings is 1. The maximum Gasteiger partial charge on any atom is 0.261 e. The SMILES string of the molecule is Cc1ccc(S(=O)(=O)Nc2ccc(Cl)cc2)cc1NC(=O)Cc1csc(-c2cccnc2)n1. The summed E-state index contributed by atoms with van der Waals surface area (Å²) in [6.07, 6.45) is 3.47. The Labute approximate surface area is 200 Å². The van der Waals surface area contributed by atoms with E-state index in [2.05, 4.69) is 20.0 Å². The van der Waals surface area contributed by atoms with Gasteiger partial charge in [-0.2, -0.15) is 0 Å². The fourth-order valence-corrected chi connectivity index (χ4v) is 5.02. The fraction of sp³-hybridized carbons (Fsp3) is 0.0870. The van der Waals surface area contributed by atoms with Crippen LogP contribution >= 0.6 is 22.9 Å². The summed E-state index contributed by atoms with van der Waals surface area (Å²) in [5, 5.41) is 5.91. The molecule has 4 rings (SSSR count). The van der Waals surface area contributed by atoms with Gasteiger partial charge >= 0.3 is 0 Å². The normalized spacial score (nSPS) is 11.2. The number of nitrogens with zero attached hydrogens (tertiary/aromatic N) is 2. The van der Waals surface area contributed by atoms with Crippen molar-refractivity contribution in [2.75, 3.05) is 10.0 Å². The van der Waals surface area contributed by atoms with Crippen LogP contribution in [-0.4, -0.2) is 24.3 Å². The average molecular weight is 499 g/mol. The molecule has 2 heterocycles. The van der Waals surface area contributed by atoms with Crippen molar-refractivity contribution >= 4 is 50.2 Å². The Kier molecular flexibility index (Phi) is 6.73.